The molecule has 0 bridgehead atoms. The predicted molar refractivity (Wildman–Crippen MR) is 130 cm³/mol. The summed E-state index contributed by atoms with van der Waals surface area (Å²) in [6.07, 6.45) is 0. The van der Waals surface area contributed by atoms with Crippen molar-refractivity contribution >= 4 is 43.5 Å². The van der Waals surface area contributed by atoms with Gasteiger partial charge in [-0.15, -0.1) is 0 Å². The molecule has 3 heteroatoms. The van der Waals surface area contributed by atoms with Gasteiger partial charge in [-0.2, -0.15) is 0 Å². The first kappa shape index (κ1) is 18.1. The average Bonchev–Trinajstić information content (AvgIpc) is 3.12. The number of rotatable bonds is 1. The molecule has 0 atom stereocenters. The number of fused-ring (bicyclic) bond motifs is 6. The molecule has 150 valence electrons. The molecule has 0 aliphatic rings. The summed E-state index contributed by atoms with van der Waals surface area (Å²) in [5.74, 6) is 0.727. The van der Waals surface area contributed by atoms with Gasteiger partial charge in [-0.25, -0.2) is 9.97 Å². The van der Waals surface area contributed by atoms with Gasteiger partial charge in [0, 0.05) is 21.6 Å². The second kappa shape index (κ2) is 6.39. The molecule has 0 aliphatic carbocycles. The highest BCUT2D eigenvalue weighted by Crippen LogP contribution is 2.37. The molecule has 2 heterocycles. The number of aromatic nitrogens is 3. The molecule has 0 aliphatic heterocycles. The molecule has 4 aromatic carbocycles. The van der Waals surface area contributed by atoms with Gasteiger partial charge < -0.3 is 0 Å². The minimum atomic E-state index is -0.0945. The lowest BCUT2D eigenvalue weighted by Crippen LogP contribution is -2.17. The van der Waals surface area contributed by atoms with Crippen molar-refractivity contribution in [1.82, 2.24) is 14.5 Å². The molecule has 3 nitrogen and oxygen atoms in total. The zero-order valence-corrected chi connectivity index (χ0v) is 17.9. The molecular formula is C28H23N3. The number of hydrogen-bond donors (Lipinski definition) is 0. The lowest BCUT2D eigenvalue weighted by atomic mass is 9.89. The summed E-state index contributed by atoms with van der Waals surface area (Å²) >= 11 is 0. The van der Waals surface area contributed by atoms with Gasteiger partial charge in [0.05, 0.1) is 22.2 Å². The van der Waals surface area contributed by atoms with Crippen LogP contribution >= 0.6 is 0 Å². The van der Waals surface area contributed by atoms with Crippen LogP contribution in [0.25, 0.3) is 49.4 Å². The van der Waals surface area contributed by atoms with Crippen LogP contribution in [0.15, 0.2) is 84.9 Å². The van der Waals surface area contributed by atoms with E-state index >= 15 is 0 Å². The Hall–Kier alpha value is -3.72. The Morgan fingerprint density at radius 3 is 2.10 bits per heavy atom. The van der Waals surface area contributed by atoms with Crippen molar-refractivity contribution in [3.8, 4) is 5.95 Å². The summed E-state index contributed by atoms with van der Waals surface area (Å²) < 4.78 is 2.22. The molecule has 0 saturated carbocycles. The third-order valence-electron chi connectivity index (χ3n) is 6.06. The van der Waals surface area contributed by atoms with Crippen LogP contribution in [0.2, 0.25) is 0 Å². The molecule has 31 heavy (non-hydrogen) atoms. The van der Waals surface area contributed by atoms with Crippen molar-refractivity contribution in [3.05, 3.63) is 90.6 Å². The van der Waals surface area contributed by atoms with Gasteiger partial charge in [0.2, 0.25) is 5.95 Å². The molecule has 6 rings (SSSR count). The molecule has 0 radical (unpaired) electrons. The standard InChI is InChI=1S/C28H23N3/c1-28(2,3)26-20-12-6-8-14-22(20)29-27(30-26)31-23-15-9-7-13-21(23)25-19-11-5-4-10-18(19)16-17-24(25)31/h4-17H,1-3H3. The van der Waals surface area contributed by atoms with Crippen molar-refractivity contribution in [2.45, 2.75) is 26.2 Å². The number of benzene rings is 4. The van der Waals surface area contributed by atoms with Crippen molar-refractivity contribution in [1.29, 1.82) is 0 Å². The average molecular weight is 402 g/mol. The quantitative estimate of drug-likeness (QED) is 0.292. The van der Waals surface area contributed by atoms with Crippen LogP contribution in [0.3, 0.4) is 0 Å². The largest absolute Gasteiger partial charge is 0.278 e. The number of hydrogen-bond acceptors (Lipinski definition) is 2. The Morgan fingerprint density at radius 2 is 1.29 bits per heavy atom. The predicted octanol–water partition coefficient (Wildman–Crippen LogP) is 7.18. The SMILES string of the molecule is CC(C)(C)c1nc(-n2c3ccccc3c3c4ccccc4ccc32)nc2ccccc12. The second-order valence-corrected chi connectivity index (χ2v) is 9.17. The van der Waals surface area contributed by atoms with Gasteiger partial charge in [-0.05, 0) is 29.0 Å². The zero-order valence-electron chi connectivity index (χ0n) is 17.9. The van der Waals surface area contributed by atoms with E-state index in [0.29, 0.717) is 0 Å². The van der Waals surface area contributed by atoms with Crippen LogP contribution < -0.4 is 0 Å². The highest BCUT2D eigenvalue weighted by atomic mass is 15.2. The molecule has 0 N–H and O–H groups in total. The van der Waals surface area contributed by atoms with E-state index in [1.54, 1.807) is 0 Å². The molecule has 0 amide bonds. The summed E-state index contributed by atoms with van der Waals surface area (Å²) in [5.41, 5.74) is 4.21. The first-order valence-electron chi connectivity index (χ1n) is 10.7. The Morgan fingerprint density at radius 1 is 0.613 bits per heavy atom. The molecule has 6 aromatic rings. The summed E-state index contributed by atoms with van der Waals surface area (Å²) in [4.78, 5) is 10.2. The van der Waals surface area contributed by atoms with E-state index in [1.165, 1.54) is 21.5 Å². The fourth-order valence-electron chi connectivity index (χ4n) is 4.69. The molecule has 0 spiro atoms. The van der Waals surface area contributed by atoms with E-state index in [0.717, 1.165) is 33.6 Å². The number of nitrogens with zero attached hydrogens (tertiary/aromatic N) is 3. The van der Waals surface area contributed by atoms with Gasteiger partial charge in [0.1, 0.15) is 0 Å². The third-order valence-corrected chi connectivity index (χ3v) is 6.06. The van der Waals surface area contributed by atoms with Crippen LogP contribution in [0.5, 0.6) is 0 Å². The minimum Gasteiger partial charge on any atom is -0.278 e. The van der Waals surface area contributed by atoms with Crippen LogP contribution in [-0.4, -0.2) is 14.5 Å². The highest BCUT2D eigenvalue weighted by Gasteiger charge is 2.23. The minimum absolute atomic E-state index is 0.0945. The van der Waals surface area contributed by atoms with E-state index in [4.69, 9.17) is 9.97 Å². The van der Waals surface area contributed by atoms with Crippen LogP contribution in [0.4, 0.5) is 0 Å². The van der Waals surface area contributed by atoms with Crippen LogP contribution in [0, 0.1) is 0 Å². The van der Waals surface area contributed by atoms with Gasteiger partial charge >= 0.3 is 0 Å². The Labute approximate surface area is 181 Å². The van der Waals surface area contributed by atoms with Crippen molar-refractivity contribution in [2.24, 2.45) is 0 Å². The van der Waals surface area contributed by atoms with Gasteiger partial charge in [0.25, 0.3) is 0 Å². The summed E-state index contributed by atoms with van der Waals surface area (Å²) in [7, 11) is 0. The zero-order chi connectivity index (χ0) is 21.2. The topological polar surface area (TPSA) is 30.7 Å². The molecule has 0 saturated heterocycles. The van der Waals surface area contributed by atoms with Crippen molar-refractivity contribution < 1.29 is 0 Å². The van der Waals surface area contributed by atoms with E-state index < -0.39 is 0 Å². The van der Waals surface area contributed by atoms with Crippen LogP contribution in [-0.2, 0) is 5.41 Å². The summed E-state index contributed by atoms with van der Waals surface area (Å²) in [6.45, 7) is 6.64. The van der Waals surface area contributed by atoms with E-state index in [9.17, 15) is 0 Å². The molecular weight excluding hydrogens is 378 g/mol. The Bertz CT molecular complexity index is 1620. The first-order chi connectivity index (χ1) is 15.0. The van der Waals surface area contributed by atoms with E-state index in [1.807, 2.05) is 6.07 Å². The fraction of sp³-hybridized carbons (Fsp3) is 0.143. The lowest BCUT2D eigenvalue weighted by Gasteiger charge is -2.21. The van der Waals surface area contributed by atoms with E-state index in [2.05, 4.69) is 104 Å². The maximum atomic E-state index is 5.15. The third kappa shape index (κ3) is 2.66. The van der Waals surface area contributed by atoms with Gasteiger partial charge in [0.15, 0.2) is 0 Å². The maximum absolute atomic E-state index is 5.15. The number of para-hydroxylation sites is 2. The molecule has 0 fully saturated rings. The smallest absolute Gasteiger partial charge is 0.235 e. The fourth-order valence-corrected chi connectivity index (χ4v) is 4.69. The maximum Gasteiger partial charge on any atom is 0.235 e. The molecule has 2 aromatic heterocycles. The monoisotopic (exact) mass is 401 g/mol. The Balaban J connectivity index is 1.80. The second-order valence-electron chi connectivity index (χ2n) is 9.17. The summed E-state index contributed by atoms with van der Waals surface area (Å²) in [6, 6.07) is 29.9. The van der Waals surface area contributed by atoms with E-state index in [-0.39, 0.29) is 5.41 Å². The summed E-state index contributed by atoms with van der Waals surface area (Å²) in [5, 5.41) is 6.09. The first-order valence-corrected chi connectivity index (χ1v) is 10.7. The highest BCUT2D eigenvalue weighted by molar-refractivity contribution is 6.21. The van der Waals surface area contributed by atoms with Crippen LogP contribution in [0.1, 0.15) is 26.5 Å². The van der Waals surface area contributed by atoms with Gasteiger partial charge in [-0.1, -0.05) is 87.5 Å². The Kier molecular flexibility index (Phi) is 3.73. The van der Waals surface area contributed by atoms with Crippen molar-refractivity contribution in [3.63, 3.8) is 0 Å². The normalized spacial score (nSPS) is 12.4. The van der Waals surface area contributed by atoms with Crippen molar-refractivity contribution in [2.75, 3.05) is 0 Å². The lowest BCUT2D eigenvalue weighted by molar-refractivity contribution is 0.572. The molecule has 0 unspecified atom stereocenters. The van der Waals surface area contributed by atoms with Gasteiger partial charge in [-0.3, -0.25) is 4.57 Å².